The van der Waals surface area contributed by atoms with Gasteiger partial charge in [0.2, 0.25) is 11.8 Å². The summed E-state index contributed by atoms with van der Waals surface area (Å²) in [5.74, 6) is 0.0857. The maximum atomic E-state index is 12.0. The lowest BCUT2D eigenvalue weighted by Gasteiger charge is -2.29. The molecular formula is C11H18N2O2S. The topological polar surface area (TPSA) is 49.4 Å². The third-order valence-electron chi connectivity index (χ3n) is 2.61. The molecule has 0 aliphatic carbocycles. The summed E-state index contributed by atoms with van der Waals surface area (Å²) in [6.07, 6.45) is 2.95. The van der Waals surface area contributed by atoms with Gasteiger partial charge in [0, 0.05) is 25.8 Å². The van der Waals surface area contributed by atoms with Crippen LogP contribution in [0.5, 0.6) is 0 Å². The van der Waals surface area contributed by atoms with E-state index < -0.39 is 6.04 Å². The number of amides is 2. The van der Waals surface area contributed by atoms with Crippen LogP contribution < -0.4 is 5.32 Å². The molecule has 1 aliphatic rings. The fourth-order valence-corrected chi connectivity index (χ4v) is 1.87. The van der Waals surface area contributed by atoms with Crippen LogP contribution in [0.2, 0.25) is 0 Å². The van der Waals surface area contributed by atoms with E-state index in [1.54, 1.807) is 4.90 Å². The largest absolute Gasteiger partial charge is 0.344 e. The predicted octanol–water partition coefficient (Wildman–Crippen LogP) is 0.599. The van der Waals surface area contributed by atoms with Gasteiger partial charge in [-0.05, 0) is 13.3 Å². The molecule has 1 heterocycles. The van der Waals surface area contributed by atoms with Gasteiger partial charge in [0.25, 0.3) is 0 Å². The lowest BCUT2D eigenvalue weighted by atomic mass is 10.1. The Labute approximate surface area is 101 Å². The van der Waals surface area contributed by atoms with Gasteiger partial charge in [-0.1, -0.05) is 11.6 Å². The van der Waals surface area contributed by atoms with Crippen LogP contribution in [0, 0.1) is 0 Å². The number of carbonyl (C=O) groups excluding carboxylic acids is 2. The van der Waals surface area contributed by atoms with Gasteiger partial charge in [0.15, 0.2) is 0 Å². The Hall–Kier alpha value is -0.970. The van der Waals surface area contributed by atoms with E-state index in [9.17, 15) is 9.59 Å². The summed E-state index contributed by atoms with van der Waals surface area (Å²) < 4.78 is 0. The monoisotopic (exact) mass is 242 g/mol. The van der Waals surface area contributed by atoms with Crippen LogP contribution in [-0.2, 0) is 9.59 Å². The Morgan fingerprint density at radius 3 is 2.75 bits per heavy atom. The Bertz CT molecular complexity index is 315. The van der Waals surface area contributed by atoms with Crippen molar-refractivity contribution < 1.29 is 9.59 Å². The minimum atomic E-state index is -0.507. The van der Waals surface area contributed by atoms with E-state index in [1.807, 2.05) is 6.08 Å². The van der Waals surface area contributed by atoms with Gasteiger partial charge in [0.05, 0.1) is 0 Å². The van der Waals surface area contributed by atoms with E-state index in [-0.39, 0.29) is 11.8 Å². The van der Waals surface area contributed by atoms with Crippen LogP contribution in [0.25, 0.3) is 0 Å². The van der Waals surface area contributed by atoms with E-state index >= 15 is 0 Å². The highest BCUT2D eigenvalue weighted by Crippen LogP contribution is 2.11. The molecule has 0 fully saturated rings. The molecule has 2 amide bonds. The van der Waals surface area contributed by atoms with E-state index in [4.69, 9.17) is 0 Å². The fourth-order valence-electron chi connectivity index (χ4n) is 1.62. The summed E-state index contributed by atoms with van der Waals surface area (Å²) in [6.45, 7) is 4.83. The van der Waals surface area contributed by atoms with Crippen molar-refractivity contribution in [2.45, 2.75) is 26.3 Å². The average Bonchev–Trinajstić information content (AvgIpc) is 2.25. The number of carbonyl (C=O) groups is 2. The van der Waals surface area contributed by atoms with Gasteiger partial charge in [-0.15, -0.1) is 0 Å². The molecule has 16 heavy (non-hydrogen) atoms. The molecule has 0 saturated heterocycles. The van der Waals surface area contributed by atoms with Crippen molar-refractivity contribution in [1.29, 1.82) is 0 Å². The van der Waals surface area contributed by atoms with Gasteiger partial charge in [0.1, 0.15) is 6.04 Å². The number of rotatable bonds is 3. The summed E-state index contributed by atoms with van der Waals surface area (Å²) in [7, 11) is 0. The Morgan fingerprint density at radius 1 is 1.62 bits per heavy atom. The SMILES string of the molecule is CC(=O)NC(CS)C(=O)N1CC=C(C)CC1. The summed E-state index contributed by atoms with van der Waals surface area (Å²) in [5, 5.41) is 2.61. The molecular weight excluding hydrogens is 224 g/mol. The quantitative estimate of drug-likeness (QED) is 0.562. The Kier molecular flexibility index (Phi) is 4.86. The number of hydrogen-bond donors (Lipinski definition) is 2. The minimum absolute atomic E-state index is 0.0473. The van der Waals surface area contributed by atoms with E-state index in [0.29, 0.717) is 12.3 Å². The van der Waals surface area contributed by atoms with Crippen molar-refractivity contribution in [3.05, 3.63) is 11.6 Å². The van der Waals surface area contributed by atoms with Crippen LogP contribution in [0.1, 0.15) is 20.3 Å². The maximum Gasteiger partial charge on any atom is 0.246 e. The molecule has 4 nitrogen and oxygen atoms in total. The third-order valence-corrected chi connectivity index (χ3v) is 2.97. The van der Waals surface area contributed by atoms with E-state index in [0.717, 1.165) is 13.0 Å². The smallest absolute Gasteiger partial charge is 0.246 e. The van der Waals surface area contributed by atoms with Crippen molar-refractivity contribution in [3.63, 3.8) is 0 Å². The molecule has 0 bridgehead atoms. The number of nitrogens with one attached hydrogen (secondary N) is 1. The summed E-state index contributed by atoms with van der Waals surface area (Å²) in [5.41, 5.74) is 1.31. The lowest BCUT2D eigenvalue weighted by Crippen LogP contribution is -2.50. The van der Waals surface area contributed by atoms with Gasteiger partial charge in [-0.2, -0.15) is 12.6 Å². The van der Waals surface area contributed by atoms with Gasteiger partial charge < -0.3 is 10.2 Å². The molecule has 90 valence electrons. The van der Waals surface area contributed by atoms with Gasteiger partial charge in [-0.3, -0.25) is 9.59 Å². The molecule has 1 N–H and O–H groups in total. The van der Waals surface area contributed by atoms with Crippen LogP contribution >= 0.6 is 12.6 Å². The average molecular weight is 242 g/mol. The first kappa shape index (κ1) is 13.1. The van der Waals surface area contributed by atoms with Crippen LogP contribution in [0.15, 0.2) is 11.6 Å². The number of hydrogen-bond acceptors (Lipinski definition) is 3. The molecule has 0 aromatic rings. The van der Waals surface area contributed by atoms with Crippen LogP contribution in [-0.4, -0.2) is 41.6 Å². The normalized spacial score (nSPS) is 17.7. The zero-order chi connectivity index (χ0) is 12.1. The standard InChI is InChI=1S/C11H18N2O2S/c1-8-3-5-13(6-4-8)11(15)10(7-16)12-9(2)14/h3,10,16H,4-7H2,1-2H3,(H,12,14). The van der Waals surface area contributed by atoms with E-state index in [2.05, 4.69) is 24.9 Å². The minimum Gasteiger partial charge on any atom is -0.344 e. The summed E-state index contributed by atoms with van der Waals surface area (Å²) >= 11 is 4.09. The second-order valence-corrected chi connectivity index (χ2v) is 4.39. The molecule has 1 unspecified atom stereocenters. The molecule has 0 spiro atoms. The highest BCUT2D eigenvalue weighted by Gasteiger charge is 2.24. The molecule has 5 heteroatoms. The zero-order valence-electron chi connectivity index (χ0n) is 9.69. The second-order valence-electron chi connectivity index (χ2n) is 4.02. The van der Waals surface area contributed by atoms with Crippen molar-refractivity contribution in [3.8, 4) is 0 Å². The summed E-state index contributed by atoms with van der Waals surface area (Å²) in [4.78, 5) is 24.7. The molecule has 1 atom stereocenters. The maximum absolute atomic E-state index is 12.0. The first-order chi connectivity index (χ1) is 7.54. The Morgan fingerprint density at radius 2 is 2.31 bits per heavy atom. The molecule has 0 saturated carbocycles. The molecule has 0 radical (unpaired) electrons. The number of thiol groups is 1. The van der Waals surface area contributed by atoms with Gasteiger partial charge in [-0.25, -0.2) is 0 Å². The third kappa shape index (κ3) is 3.56. The molecule has 0 aromatic heterocycles. The van der Waals surface area contributed by atoms with Crippen LogP contribution in [0.4, 0.5) is 0 Å². The molecule has 0 aromatic carbocycles. The highest BCUT2D eigenvalue weighted by atomic mass is 32.1. The predicted molar refractivity (Wildman–Crippen MR) is 66.4 cm³/mol. The van der Waals surface area contributed by atoms with Crippen molar-refractivity contribution in [1.82, 2.24) is 10.2 Å². The fraction of sp³-hybridized carbons (Fsp3) is 0.636. The van der Waals surface area contributed by atoms with Crippen molar-refractivity contribution in [2.24, 2.45) is 0 Å². The van der Waals surface area contributed by atoms with Gasteiger partial charge >= 0.3 is 0 Å². The zero-order valence-corrected chi connectivity index (χ0v) is 10.6. The first-order valence-electron chi connectivity index (χ1n) is 5.37. The van der Waals surface area contributed by atoms with E-state index in [1.165, 1.54) is 12.5 Å². The van der Waals surface area contributed by atoms with Crippen molar-refractivity contribution >= 4 is 24.4 Å². The number of nitrogens with zero attached hydrogens (tertiary/aromatic N) is 1. The molecule has 1 rings (SSSR count). The first-order valence-corrected chi connectivity index (χ1v) is 6.00. The molecule has 1 aliphatic heterocycles. The summed E-state index contributed by atoms with van der Waals surface area (Å²) in [6, 6.07) is -0.507. The second kappa shape index (κ2) is 5.94. The lowest BCUT2D eigenvalue weighted by molar-refractivity contribution is -0.135. The van der Waals surface area contributed by atoms with Crippen molar-refractivity contribution in [2.75, 3.05) is 18.8 Å². The highest BCUT2D eigenvalue weighted by molar-refractivity contribution is 7.80. The van der Waals surface area contributed by atoms with Crippen LogP contribution in [0.3, 0.4) is 0 Å². The Balaban J connectivity index is 2.58.